The van der Waals surface area contributed by atoms with Crippen molar-refractivity contribution in [2.75, 3.05) is 32.8 Å². The lowest BCUT2D eigenvalue weighted by molar-refractivity contribution is -0.142. The molecule has 0 bridgehead atoms. The summed E-state index contributed by atoms with van der Waals surface area (Å²) in [6, 6.07) is 2.86. The first-order valence-corrected chi connectivity index (χ1v) is 32.1. The summed E-state index contributed by atoms with van der Waals surface area (Å²) in [7, 11) is 0. The number of carboxylic acid groups (broad SMARTS) is 1. The van der Waals surface area contributed by atoms with Crippen LogP contribution in [0.25, 0.3) is 10.9 Å². The lowest BCUT2D eigenvalue weighted by Gasteiger charge is -2.30. The number of benzene rings is 3. The fourth-order valence-corrected chi connectivity index (χ4v) is 11.1. The maximum Gasteiger partial charge on any atom is 0.416 e. The number of para-hydroxylation sites is 1. The summed E-state index contributed by atoms with van der Waals surface area (Å²) >= 11 is 0. The van der Waals surface area contributed by atoms with Gasteiger partial charge in [0.15, 0.2) is 5.96 Å². The van der Waals surface area contributed by atoms with Gasteiger partial charge in [-0.1, -0.05) is 56.3 Å². The maximum absolute atomic E-state index is 14.9. The van der Waals surface area contributed by atoms with E-state index in [2.05, 4.69) is 67.8 Å². The number of likely N-dealkylation sites (tertiary alicyclic amines) is 1. The topological polar surface area (TPSA) is 508 Å². The van der Waals surface area contributed by atoms with Crippen molar-refractivity contribution in [1.29, 1.82) is 0 Å². The normalized spacial score (nSPS) is 16.9. The number of rotatable bonds is 33. The van der Waals surface area contributed by atoms with E-state index in [1.165, 1.54) is 35.5 Å². The Labute approximate surface area is 571 Å². The Kier molecular flexibility index (Phi) is 28.9. The van der Waals surface area contributed by atoms with E-state index in [4.69, 9.17) is 27.1 Å². The molecule has 3 aromatic carbocycles. The highest BCUT2D eigenvalue weighted by Crippen LogP contribution is 2.30. The number of H-pyrrole nitrogens is 1. The Bertz CT molecular complexity index is 3690. The summed E-state index contributed by atoms with van der Waals surface area (Å²) < 4.78 is 41.5. The number of hydrogen-bond acceptors (Lipinski definition) is 17. The smallest absolute Gasteiger partial charge is 0.416 e. The average molecular weight is 1400 g/mol. The van der Waals surface area contributed by atoms with Crippen LogP contribution in [0.3, 0.4) is 0 Å². The number of halogens is 3. The molecule has 3 aliphatic rings. The van der Waals surface area contributed by atoms with E-state index < -0.39 is 157 Å². The van der Waals surface area contributed by atoms with Gasteiger partial charge in [0, 0.05) is 74.9 Å². The molecule has 4 aromatic rings. The number of hydrogen-bond donors (Lipinski definition) is 16. The molecule has 2 saturated heterocycles. The molecule has 0 spiro atoms. The summed E-state index contributed by atoms with van der Waals surface area (Å²) in [6.07, 6.45) is -2.47. The average Bonchev–Trinajstić information content (AvgIpc) is 1.28. The van der Waals surface area contributed by atoms with Crippen molar-refractivity contribution in [1.82, 2.24) is 57.7 Å². The van der Waals surface area contributed by atoms with Crippen LogP contribution in [0.2, 0.25) is 0 Å². The van der Waals surface area contributed by atoms with Gasteiger partial charge in [-0.25, -0.2) is 4.99 Å². The number of aliphatic imine (C=N–C) groups is 3. The second-order valence-electron chi connectivity index (χ2n) is 24.4. The van der Waals surface area contributed by atoms with Crippen LogP contribution in [0.4, 0.5) is 13.2 Å². The first kappa shape index (κ1) is 78.0. The number of nitrogens with zero attached hydrogens (tertiary/aromatic N) is 4. The molecule has 540 valence electrons. The summed E-state index contributed by atoms with van der Waals surface area (Å²) in [5, 5.41) is 52.2. The predicted molar refractivity (Wildman–Crippen MR) is 356 cm³/mol. The summed E-state index contributed by atoms with van der Waals surface area (Å²) in [5.74, 6) is -11.0. The van der Waals surface area contributed by atoms with Crippen molar-refractivity contribution in [2.45, 2.75) is 152 Å². The molecule has 1 aromatic heterocycles. The van der Waals surface area contributed by atoms with Crippen molar-refractivity contribution in [3.05, 3.63) is 101 Å². The van der Waals surface area contributed by atoms with E-state index in [0.29, 0.717) is 34.2 Å². The number of aliphatic hydroxyl groups excluding tert-OH is 1. The number of carboxylic acids is 1. The van der Waals surface area contributed by atoms with Gasteiger partial charge in [-0.05, 0) is 91.5 Å². The van der Waals surface area contributed by atoms with Crippen molar-refractivity contribution in [3.8, 4) is 5.75 Å². The van der Waals surface area contributed by atoms with E-state index in [1.807, 2.05) is 0 Å². The van der Waals surface area contributed by atoms with Gasteiger partial charge in [0.25, 0.3) is 5.97 Å². The van der Waals surface area contributed by atoms with Gasteiger partial charge in [-0.2, -0.15) is 13.2 Å². The van der Waals surface area contributed by atoms with E-state index in [9.17, 15) is 76.1 Å². The summed E-state index contributed by atoms with van der Waals surface area (Å²) in [5.41, 5.74) is 17.2. The number of phenolic OH excluding ortho intramolecular Hbond substituents is 1. The Morgan fingerprint density at radius 3 is 1.78 bits per heavy atom. The number of aliphatic carboxylic acids is 1. The maximum atomic E-state index is 14.9. The Hall–Kier alpha value is -11.0. The molecular formula is C65H84F3N17O15. The highest BCUT2D eigenvalue weighted by molar-refractivity contribution is 6.03. The molecule has 3 aliphatic heterocycles. The molecule has 9 atom stereocenters. The van der Waals surface area contributed by atoms with Crippen molar-refractivity contribution in [3.63, 3.8) is 0 Å². The molecule has 35 heteroatoms. The molecule has 100 heavy (non-hydrogen) atoms. The van der Waals surface area contributed by atoms with Crippen LogP contribution in [-0.4, -0.2) is 201 Å². The number of nitrogens with one attached hydrogen (secondary N) is 10. The van der Waals surface area contributed by atoms with Gasteiger partial charge < -0.3 is 90.3 Å². The van der Waals surface area contributed by atoms with Gasteiger partial charge in [-0.15, -0.1) is 0 Å². The highest BCUT2D eigenvalue weighted by Gasteiger charge is 2.41. The number of carbonyl (C=O) groups is 12. The number of fused-ring (bicyclic) bond motifs is 1. The summed E-state index contributed by atoms with van der Waals surface area (Å²) in [4.78, 5) is 178. The number of aromatic nitrogens is 1. The Balaban J connectivity index is 0.00000383. The molecule has 0 unspecified atom stereocenters. The monoisotopic (exact) mass is 1400 g/mol. The molecule has 4 heterocycles. The number of primary amides is 1. The molecule has 0 radical (unpaired) electrons. The third-order valence-corrected chi connectivity index (χ3v) is 16.1. The number of amides is 11. The van der Waals surface area contributed by atoms with Gasteiger partial charge in [0.05, 0.1) is 25.3 Å². The fraction of sp³-hybridized carbons (Fsp3) is 0.462. The van der Waals surface area contributed by atoms with Gasteiger partial charge in [0.1, 0.15) is 66.5 Å². The number of carbonyl (C=O) groups excluding carboxylic acids is 11. The molecular weight excluding hydrogens is 1320 g/mol. The first-order valence-electron chi connectivity index (χ1n) is 32.1. The fourth-order valence-electron chi connectivity index (χ4n) is 11.1. The minimum Gasteiger partial charge on any atom is -0.508 e. The number of aliphatic hydroxyl groups is 1. The largest absolute Gasteiger partial charge is 0.508 e. The minimum atomic E-state index is -4.77. The summed E-state index contributed by atoms with van der Waals surface area (Å²) in [6.45, 7) is 3.10. The molecule has 0 saturated carbocycles. The first-order chi connectivity index (χ1) is 47.4. The van der Waals surface area contributed by atoms with Crippen LogP contribution in [0.5, 0.6) is 5.75 Å². The number of phenols is 1. The van der Waals surface area contributed by atoms with Crippen LogP contribution in [-0.2, 0) is 83.0 Å². The lowest BCUT2D eigenvalue weighted by Crippen LogP contribution is -2.61. The highest BCUT2D eigenvalue weighted by atomic mass is 19.4. The molecule has 0 aliphatic carbocycles. The van der Waals surface area contributed by atoms with Crippen LogP contribution in [0.15, 0.2) is 94.0 Å². The van der Waals surface area contributed by atoms with E-state index in [1.54, 1.807) is 44.3 Å². The number of nitrogens with two attached hydrogens (primary N) is 3. The molecule has 11 amide bonds. The molecule has 7 rings (SSSR count). The quantitative estimate of drug-likeness (QED) is 0.0143. The third-order valence-electron chi connectivity index (χ3n) is 16.1. The van der Waals surface area contributed by atoms with Crippen molar-refractivity contribution >= 4 is 99.9 Å². The van der Waals surface area contributed by atoms with Gasteiger partial charge in [0.2, 0.25) is 65.0 Å². The number of alkyl halides is 3. The SMILES string of the molecule is CC(=O)O.CC(C)C[C@H](NC(=O)[C@@H](Cc1ccc(C(F)(F)F)cc1)NC(=O)[C@H](Cc1ccc(O)cc1)NC(=O)[C@H](CO)NC(=O)[C@H](Cc1c[nH]c2ccccc12)NC(=O)[C@H](CC1=NC=NC1)NC(=O)[C@@H]1CCC(=O)N1)C(=O)N[C@@H](CCCN=C(N)N)C(=O)N1CCC[C@H]1C(=O)NCC(N)=O. The van der Waals surface area contributed by atoms with Crippen LogP contribution in [0, 0.1) is 5.92 Å². The van der Waals surface area contributed by atoms with Crippen molar-refractivity contribution < 1.29 is 86.0 Å². The lowest BCUT2D eigenvalue weighted by atomic mass is 9.99. The minimum absolute atomic E-state index is 0.0150. The zero-order valence-corrected chi connectivity index (χ0v) is 55.1. The molecule has 32 nitrogen and oxygen atoms in total. The Morgan fingerprint density at radius 2 is 1.24 bits per heavy atom. The molecule has 2 fully saturated rings. The second-order valence-corrected chi connectivity index (χ2v) is 24.4. The van der Waals surface area contributed by atoms with E-state index in [-0.39, 0.29) is 100 Å². The van der Waals surface area contributed by atoms with Gasteiger partial charge in [-0.3, -0.25) is 67.5 Å². The zero-order chi connectivity index (χ0) is 73.4. The number of guanidine groups is 1. The zero-order valence-electron chi connectivity index (χ0n) is 55.1. The number of aromatic amines is 1. The second kappa shape index (κ2) is 37.1. The van der Waals surface area contributed by atoms with Crippen LogP contribution < -0.4 is 65.1 Å². The van der Waals surface area contributed by atoms with Gasteiger partial charge >= 0.3 is 6.18 Å². The Morgan fingerprint density at radius 1 is 0.700 bits per heavy atom. The third kappa shape index (κ3) is 24.2. The van der Waals surface area contributed by atoms with E-state index in [0.717, 1.165) is 31.2 Å². The van der Waals surface area contributed by atoms with Crippen LogP contribution in [0.1, 0.15) is 94.4 Å². The number of aromatic hydroxyl groups is 1. The van der Waals surface area contributed by atoms with Crippen LogP contribution >= 0.6 is 0 Å². The standard InChI is InChI=1S/C63H80F3N17O13.C2H4O2/c1-33(2)23-44(54(89)76-43(9-5-21-71-62(68)69)61(96)83-22-6-10-50(83)60(95)73-30-51(67)86)77-55(90)45(24-34-11-15-37(16-12-34)63(64,65)66)78-56(91)46(25-35-13-17-39(85)18-14-35)79-59(94)49(31-84)82-57(92)47(26-36-28-72-41-8-4-3-7-40(36)41)80-58(93)48(27-38-29-70-32-74-38)81-53(88)42-19-20-52(87)75-42;1-2(3)4/h3-4,7-8,11-18,28,32-33,42-50,72,84-85H,5-6,9-10,19-27,29-31H2,1-2H3,(H2,67,86)(H,73,95)(H,75,87)(H,76,89)(H,77,90)(H,78,91)(H,79,94)(H,80,93)(H,81,88)(H,82,92)(H4,68,69,71);1H3,(H,3,4)/t42-,43-,44-,45+,46-,47-,48-,49-,50-;/m0./s1. The molecule has 19 N–H and O–H groups in total. The van der Waals surface area contributed by atoms with E-state index >= 15 is 0 Å². The predicted octanol–water partition coefficient (Wildman–Crippen LogP) is -1.76. The van der Waals surface area contributed by atoms with Crippen molar-refractivity contribution in [2.24, 2.45) is 38.1 Å².